The van der Waals surface area contributed by atoms with E-state index < -0.39 is 0 Å². The van der Waals surface area contributed by atoms with Crippen LogP contribution in [-0.2, 0) is 4.79 Å². The van der Waals surface area contributed by atoms with Crippen LogP contribution in [-0.4, -0.2) is 18.3 Å². The highest BCUT2D eigenvalue weighted by molar-refractivity contribution is 8.00. The number of ether oxygens (including phenoxy) is 1. The molecule has 0 radical (unpaired) electrons. The lowest BCUT2D eigenvalue weighted by Crippen LogP contribution is -2.33. The highest BCUT2D eigenvalue weighted by Crippen LogP contribution is 2.24. The van der Waals surface area contributed by atoms with Crippen molar-refractivity contribution in [2.45, 2.75) is 30.0 Å². The van der Waals surface area contributed by atoms with Crippen molar-refractivity contribution in [1.29, 1.82) is 0 Å². The van der Waals surface area contributed by atoms with Crippen molar-refractivity contribution in [2.75, 3.05) is 7.11 Å². The van der Waals surface area contributed by atoms with Gasteiger partial charge in [0.2, 0.25) is 5.91 Å². The number of rotatable bonds is 6. The number of hydrogen-bond donors (Lipinski definition) is 1. The third-order valence-electron chi connectivity index (χ3n) is 3.40. The molecule has 0 saturated heterocycles. The zero-order valence-corrected chi connectivity index (χ0v) is 13.9. The van der Waals surface area contributed by atoms with Crippen LogP contribution in [0.3, 0.4) is 0 Å². The summed E-state index contributed by atoms with van der Waals surface area (Å²) >= 11 is 1.56. The van der Waals surface area contributed by atoms with Crippen LogP contribution in [0.4, 0.5) is 0 Å². The van der Waals surface area contributed by atoms with Crippen LogP contribution < -0.4 is 10.1 Å². The Kier molecular flexibility index (Phi) is 5.90. The summed E-state index contributed by atoms with van der Waals surface area (Å²) in [5.74, 6) is 0.854. The van der Waals surface area contributed by atoms with Gasteiger partial charge in [-0.05, 0) is 43.7 Å². The zero-order valence-electron chi connectivity index (χ0n) is 13.1. The van der Waals surface area contributed by atoms with Crippen LogP contribution >= 0.6 is 11.8 Å². The number of hydrogen-bond acceptors (Lipinski definition) is 3. The zero-order chi connectivity index (χ0) is 15.9. The Hall–Kier alpha value is -1.94. The van der Waals surface area contributed by atoms with Gasteiger partial charge >= 0.3 is 0 Å². The largest absolute Gasteiger partial charge is 0.497 e. The van der Waals surface area contributed by atoms with E-state index in [1.54, 1.807) is 18.9 Å². The van der Waals surface area contributed by atoms with Gasteiger partial charge < -0.3 is 10.1 Å². The van der Waals surface area contributed by atoms with E-state index >= 15 is 0 Å². The van der Waals surface area contributed by atoms with Gasteiger partial charge in [-0.1, -0.05) is 30.3 Å². The fourth-order valence-electron chi connectivity index (χ4n) is 2.06. The molecule has 22 heavy (non-hydrogen) atoms. The summed E-state index contributed by atoms with van der Waals surface area (Å²) in [5.41, 5.74) is 1.06. The number of methoxy groups -OCH3 is 1. The topological polar surface area (TPSA) is 38.3 Å². The van der Waals surface area contributed by atoms with E-state index in [0.29, 0.717) is 0 Å². The highest BCUT2D eigenvalue weighted by atomic mass is 32.2. The van der Waals surface area contributed by atoms with Crippen molar-refractivity contribution in [2.24, 2.45) is 0 Å². The average Bonchev–Trinajstić information content (AvgIpc) is 2.55. The molecule has 1 N–H and O–H groups in total. The second kappa shape index (κ2) is 7.90. The molecule has 3 nitrogen and oxygen atoms in total. The second-order valence-corrected chi connectivity index (χ2v) is 6.49. The van der Waals surface area contributed by atoms with E-state index in [9.17, 15) is 4.79 Å². The molecule has 2 atom stereocenters. The van der Waals surface area contributed by atoms with Crippen LogP contribution in [0.2, 0.25) is 0 Å². The molecule has 0 aliphatic rings. The summed E-state index contributed by atoms with van der Waals surface area (Å²) in [4.78, 5) is 13.4. The van der Waals surface area contributed by atoms with E-state index in [0.717, 1.165) is 16.2 Å². The smallest absolute Gasteiger partial charge is 0.233 e. The van der Waals surface area contributed by atoms with Gasteiger partial charge in [-0.25, -0.2) is 0 Å². The molecule has 2 aromatic carbocycles. The van der Waals surface area contributed by atoms with Gasteiger partial charge in [-0.2, -0.15) is 0 Å². The van der Waals surface area contributed by atoms with Gasteiger partial charge in [0.05, 0.1) is 18.4 Å². The Morgan fingerprint density at radius 1 is 1.05 bits per heavy atom. The minimum atomic E-state index is -0.136. The summed E-state index contributed by atoms with van der Waals surface area (Å²) in [6.07, 6.45) is 0. The lowest BCUT2D eigenvalue weighted by Gasteiger charge is -2.18. The molecular formula is C18H21NO2S. The normalized spacial score (nSPS) is 13.2. The Labute approximate surface area is 136 Å². The summed E-state index contributed by atoms with van der Waals surface area (Å²) in [6, 6.07) is 17.7. The minimum Gasteiger partial charge on any atom is -0.497 e. The van der Waals surface area contributed by atoms with Crippen molar-refractivity contribution < 1.29 is 9.53 Å². The maximum Gasteiger partial charge on any atom is 0.233 e. The number of amides is 1. The second-order valence-electron chi connectivity index (χ2n) is 5.08. The highest BCUT2D eigenvalue weighted by Gasteiger charge is 2.17. The molecule has 2 aromatic rings. The molecule has 0 aliphatic heterocycles. The molecule has 0 aliphatic carbocycles. The molecule has 0 spiro atoms. The van der Waals surface area contributed by atoms with Crippen LogP contribution in [0.1, 0.15) is 25.5 Å². The first-order valence-electron chi connectivity index (χ1n) is 7.26. The Morgan fingerprint density at radius 3 is 2.27 bits per heavy atom. The first-order valence-corrected chi connectivity index (χ1v) is 8.14. The van der Waals surface area contributed by atoms with Crippen LogP contribution in [0.5, 0.6) is 5.75 Å². The third-order valence-corrected chi connectivity index (χ3v) is 4.51. The molecule has 116 valence electrons. The van der Waals surface area contributed by atoms with Gasteiger partial charge in [0.15, 0.2) is 0 Å². The molecule has 1 amide bonds. The van der Waals surface area contributed by atoms with E-state index in [4.69, 9.17) is 4.74 Å². The van der Waals surface area contributed by atoms with Gasteiger partial charge in [0.1, 0.15) is 5.75 Å². The summed E-state index contributed by atoms with van der Waals surface area (Å²) < 4.78 is 5.14. The van der Waals surface area contributed by atoms with E-state index in [-0.39, 0.29) is 17.2 Å². The molecule has 0 aromatic heterocycles. The van der Waals surface area contributed by atoms with E-state index in [1.165, 1.54) is 0 Å². The monoisotopic (exact) mass is 315 g/mol. The van der Waals surface area contributed by atoms with Crippen molar-refractivity contribution >= 4 is 17.7 Å². The summed E-state index contributed by atoms with van der Waals surface area (Å²) in [5, 5.41) is 2.92. The quantitative estimate of drug-likeness (QED) is 0.817. The fourth-order valence-corrected chi connectivity index (χ4v) is 2.96. The molecule has 0 fully saturated rings. The number of carbonyl (C=O) groups is 1. The maximum atomic E-state index is 12.3. The molecular weight excluding hydrogens is 294 g/mol. The van der Waals surface area contributed by atoms with Crippen LogP contribution in [0.25, 0.3) is 0 Å². The molecule has 0 saturated carbocycles. The SMILES string of the molecule is COc1ccc([C@@H](C)NC(=O)[C@H](C)Sc2ccccc2)cc1. The van der Waals surface area contributed by atoms with E-state index in [2.05, 4.69) is 5.32 Å². The summed E-state index contributed by atoms with van der Waals surface area (Å²) in [6.45, 7) is 3.91. The first-order chi connectivity index (χ1) is 10.6. The van der Waals surface area contributed by atoms with Gasteiger partial charge in [0, 0.05) is 4.90 Å². The van der Waals surface area contributed by atoms with Gasteiger partial charge in [-0.15, -0.1) is 11.8 Å². The van der Waals surface area contributed by atoms with Crippen molar-refractivity contribution in [3.8, 4) is 5.75 Å². The van der Waals surface area contributed by atoms with Crippen LogP contribution in [0, 0.1) is 0 Å². The lowest BCUT2D eigenvalue weighted by molar-refractivity contribution is -0.120. The minimum absolute atomic E-state index is 0.0303. The van der Waals surface area contributed by atoms with Gasteiger partial charge in [-0.3, -0.25) is 4.79 Å². The number of nitrogens with one attached hydrogen (secondary N) is 1. The molecule has 0 heterocycles. The Bertz CT molecular complexity index is 598. The molecule has 4 heteroatoms. The lowest BCUT2D eigenvalue weighted by atomic mass is 10.1. The molecule has 0 bridgehead atoms. The Morgan fingerprint density at radius 2 is 1.68 bits per heavy atom. The van der Waals surface area contributed by atoms with Gasteiger partial charge in [0.25, 0.3) is 0 Å². The number of benzene rings is 2. The van der Waals surface area contributed by atoms with E-state index in [1.807, 2.05) is 68.4 Å². The Balaban J connectivity index is 1.92. The number of carbonyl (C=O) groups excluding carboxylic acids is 1. The van der Waals surface area contributed by atoms with Crippen molar-refractivity contribution in [1.82, 2.24) is 5.32 Å². The first kappa shape index (κ1) is 16.4. The predicted octanol–water partition coefficient (Wildman–Crippen LogP) is 4.05. The number of thioether (sulfide) groups is 1. The maximum absolute atomic E-state index is 12.3. The summed E-state index contributed by atoms with van der Waals surface area (Å²) in [7, 11) is 1.64. The van der Waals surface area contributed by atoms with Crippen molar-refractivity contribution in [3.05, 3.63) is 60.2 Å². The third kappa shape index (κ3) is 4.53. The molecule has 0 unspecified atom stereocenters. The van der Waals surface area contributed by atoms with Crippen molar-refractivity contribution in [3.63, 3.8) is 0 Å². The predicted molar refractivity (Wildman–Crippen MR) is 91.3 cm³/mol. The fraction of sp³-hybridized carbons (Fsp3) is 0.278. The standard InChI is InChI=1S/C18H21NO2S/c1-13(15-9-11-16(21-3)12-10-15)19-18(20)14(2)22-17-7-5-4-6-8-17/h4-14H,1-3H3,(H,19,20)/t13-,14+/m1/s1. The average molecular weight is 315 g/mol. The van der Waals surface area contributed by atoms with Crippen LogP contribution in [0.15, 0.2) is 59.5 Å². The molecule has 2 rings (SSSR count).